The van der Waals surface area contributed by atoms with Crippen molar-refractivity contribution in [1.82, 2.24) is 14.4 Å². The minimum atomic E-state index is -0.727. The van der Waals surface area contributed by atoms with Gasteiger partial charge in [-0.25, -0.2) is 9.97 Å². The third kappa shape index (κ3) is 1.47. The van der Waals surface area contributed by atoms with Gasteiger partial charge in [0.15, 0.2) is 0 Å². The highest BCUT2D eigenvalue weighted by molar-refractivity contribution is 5.38. The van der Waals surface area contributed by atoms with Gasteiger partial charge in [-0.05, 0) is 13.0 Å². The van der Waals surface area contributed by atoms with E-state index in [4.69, 9.17) is 5.73 Å². The Hall–Kier alpha value is -1.46. The first kappa shape index (κ1) is 9.11. The fraction of sp³-hybridized carbons (Fsp3) is 0.333. The fourth-order valence-electron chi connectivity index (χ4n) is 1.28. The topological polar surface area (TPSA) is 76.4 Å². The lowest BCUT2D eigenvalue weighted by atomic mass is 10.1. The van der Waals surface area contributed by atoms with Crippen molar-refractivity contribution in [1.29, 1.82) is 0 Å². The zero-order valence-corrected chi connectivity index (χ0v) is 7.83. The van der Waals surface area contributed by atoms with E-state index in [9.17, 15) is 5.11 Å². The molecule has 2 rings (SSSR count). The molecule has 3 N–H and O–H groups in total. The lowest BCUT2D eigenvalue weighted by Gasteiger charge is -2.10. The van der Waals surface area contributed by atoms with Gasteiger partial charge in [-0.1, -0.05) is 0 Å². The molecule has 0 radical (unpaired) electrons. The van der Waals surface area contributed by atoms with Crippen molar-refractivity contribution in [2.45, 2.75) is 19.1 Å². The molecule has 2 unspecified atom stereocenters. The Bertz CT molecular complexity index is 404. The van der Waals surface area contributed by atoms with Crippen molar-refractivity contribution in [3.63, 3.8) is 0 Å². The Labute approximate surface area is 81.2 Å². The molecule has 0 amide bonds. The summed E-state index contributed by atoms with van der Waals surface area (Å²) in [7, 11) is 0. The summed E-state index contributed by atoms with van der Waals surface area (Å²) in [5.74, 6) is 0. The highest BCUT2D eigenvalue weighted by Crippen LogP contribution is 2.14. The minimum Gasteiger partial charge on any atom is -0.385 e. The van der Waals surface area contributed by atoms with Crippen molar-refractivity contribution in [2.75, 3.05) is 0 Å². The van der Waals surface area contributed by atoms with Gasteiger partial charge in [-0.3, -0.25) is 4.40 Å². The summed E-state index contributed by atoms with van der Waals surface area (Å²) >= 11 is 0. The van der Waals surface area contributed by atoms with Crippen molar-refractivity contribution >= 4 is 5.65 Å². The van der Waals surface area contributed by atoms with Crippen molar-refractivity contribution < 1.29 is 5.11 Å². The van der Waals surface area contributed by atoms with Crippen LogP contribution in [0, 0.1) is 0 Å². The predicted molar refractivity (Wildman–Crippen MR) is 51.6 cm³/mol. The van der Waals surface area contributed by atoms with Gasteiger partial charge in [0.1, 0.15) is 18.1 Å². The molecular formula is C9H12N4O. The second-order valence-corrected chi connectivity index (χ2v) is 3.32. The molecule has 5 heteroatoms. The number of nitrogens with two attached hydrogens (primary N) is 1. The summed E-state index contributed by atoms with van der Waals surface area (Å²) in [6.45, 7) is 1.74. The quantitative estimate of drug-likeness (QED) is 0.708. The number of aliphatic hydroxyl groups excluding tert-OH is 1. The predicted octanol–water partition coefficient (Wildman–Crippen LogP) is 0.110. The van der Waals surface area contributed by atoms with Crippen molar-refractivity contribution in [3.8, 4) is 0 Å². The molecule has 0 aliphatic heterocycles. The third-order valence-electron chi connectivity index (χ3n) is 2.08. The van der Waals surface area contributed by atoms with E-state index in [0.717, 1.165) is 5.65 Å². The van der Waals surface area contributed by atoms with Crippen LogP contribution in [0.2, 0.25) is 0 Å². The summed E-state index contributed by atoms with van der Waals surface area (Å²) < 4.78 is 1.75. The van der Waals surface area contributed by atoms with Crippen LogP contribution in [0.3, 0.4) is 0 Å². The zero-order valence-electron chi connectivity index (χ0n) is 7.83. The van der Waals surface area contributed by atoms with Crippen LogP contribution >= 0.6 is 0 Å². The monoisotopic (exact) mass is 192 g/mol. The number of fused-ring (bicyclic) bond motifs is 1. The molecule has 0 aliphatic rings. The van der Waals surface area contributed by atoms with E-state index in [1.165, 1.54) is 0 Å². The number of nitrogens with zero attached hydrogens (tertiary/aromatic N) is 3. The van der Waals surface area contributed by atoms with E-state index in [1.54, 1.807) is 36.1 Å². The van der Waals surface area contributed by atoms with E-state index in [-0.39, 0.29) is 6.04 Å². The van der Waals surface area contributed by atoms with E-state index in [0.29, 0.717) is 5.69 Å². The number of imidazole rings is 1. The second-order valence-electron chi connectivity index (χ2n) is 3.32. The standard InChI is InChI=1S/C9H12N4O/c1-6(10)9(14)7-4-13-5-11-3-2-8(13)12-7/h2-6,9,14H,10H2,1H3. The number of hydrogen-bond acceptors (Lipinski definition) is 4. The molecule has 5 nitrogen and oxygen atoms in total. The Kier molecular flexibility index (Phi) is 2.18. The van der Waals surface area contributed by atoms with Crippen LogP contribution in [-0.4, -0.2) is 25.5 Å². The van der Waals surface area contributed by atoms with Gasteiger partial charge in [0.05, 0.1) is 5.69 Å². The molecule has 14 heavy (non-hydrogen) atoms. The Morgan fingerprint density at radius 2 is 2.36 bits per heavy atom. The maximum atomic E-state index is 9.68. The van der Waals surface area contributed by atoms with Gasteiger partial charge in [-0.2, -0.15) is 0 Å². The molecular weight excluding hydrogens is 180 g/mol. The smallest absolute Gasteiger partial charge is 0.139 e. The first-order valence-electron chi connectivity index (χ1n) is 4.41. The number of rotatable bonds is 2. The first-order valence-corrected chi connectivity index (χ1v) is 4.41. The van der Waals surface area contributed by atoms with Crippen LogP contribution in [0.5, 0.6) is 0 Å². The van der Waals surface area contributed by atoms with Crippen LogP contribution < -0.4 is 5.73 Å². The van der Waals surface area contributed by atoms with E-state index >= 15 is 0 Å². The van der Waals surface area contributed by atoms with Gasteiger partial charge < -0.3 is 10.8 Å². The first-order chi connectivity index (χ1) is 6.68. The van der Waals surface area contributed by atoms with Crippen molar-refractivity contribution in [3.05, 3.63) is 30.5 Å². The molecule has 0 saturated carbocycles. The van der Waals surface area contributed by atoms with Crippen LogP contribution in [0.15, 0.2) is 24.8 Å². The Morgan fingerprint density at radius 3 is 3.00 bits per heavy atom. The lowest BCUT2D eigenvalue weighted by molar-refractivity contribution is 0.149. The van der Waals surface area contributed by atoms with Gasteiger partial charge in [0.2, 0.25) is 0 Å². The molecule has 2 heterocycles. The molecule has 0 aromatic carbocycles. The van der Waals surface area contributed by atoms with E-state index in [2.05, 4.69) is 9.97 Å². The van der Waals surface area contributed by atoms with E-state index in [1.807, 2.05) is 0 Å². The summed E-state index contributed by atoms with van der Waals surface area (Å²) in [6, 6.07) is 1.45. The van der Waals surface area contributed by atoms with Gasteiger partial charge in [0, 0.05) is 18.4 Å². The maximum Gasteiger partial charge on any atom is 0.139 e. The zero-order chi connectivity index (χ0) is 10.1. The van der Waals surface area contributed by atoms with Crippen LogP contribution in [0.1, 0.15) is 18.7 Å². The highest BCUT2D eigenvalue weighted by atomic mass is 16.3. The molecule has 74 valence electrons. The molecule has 0 spiro atoms. The summed E-state index contributed by atoms with van der Waals surface area (Å²) in [5.41, 5.74) is 6.91. The van der Waals surface area contributed by atoms with Crippen LogP contribution in [0.4, 0.5) is 0 Å². The molecule has 0 fully saturated rings. The highest BCUT2D eigenvalue weighted by Gasteiger charge is 2.15. The molecule has 0 aliphatic carbocycles. The summed E-state index contributed by atoms with van der Waals surface area (Å²) in [6.07, 6.45) is 4.30. The third-order valence-corrected chi connectivity index (χ3v) is 2.08. The van der Waals surface area contributed by atoms with Gasteiger partial charge in [-0.15, -0.1) is 0 Å². The number of aliphatic hydroxyl groups is 1. The van der Waals surface area contributed by atoms with Gasteiger partial charge >= 0.3 is 0 Å². The average molecular weight is 192 g/mol. The maximum absolute atomic E-state index is 9.68. The summed E-state index contributed by atoms with van der Waals surface area (Å²) in [4.78, 5) is 8.17. The lowest BCUT2D eigenvalue weighted by Crippen LogP contribution is -2.24. The number of aromatic nitrogens is 3. The molecule has 2 aromatic heterocycles. The molecule has 0 bridgehead atoms. The Morgan fingerprint density at radius 1 is 1.57 bits per heavy atom. The van der Waals surface area contributed by atoms with E-state index < -0.39 is 6.10 Å². The second kappa shape index (κ2) is 3.36. The fourth-order valence-corrected chi connectivity index (χ4v) is 1.28. The normalized spacial score (nSPS) is 15.6. The molecule has 2 atom stereocenters. The van der Waals surface area contributed by atoms with Gasteiger partial charge in [0.25, 0.3) is 0 Å². The van der Waals surface area contributed by atoms with Crippen LogP contribution in [-0.2, 0) is 0 Å². The number of hydrogen-bond donors (Lipinski definition) is 2. The minimum absolute atomic E-state index is 0.326. The van der Waals surface area contributed by atoms with Crippen LogP contribution in [0.25, 0.3) is 5.65 Å². The SMILES string of the molecule is CC(N)C(O)c1cn2cnccc2n1. The largest absolute Gasteiger partial charge is 0.385 e. The molecule has 2 aromatic rings. The summed E-state index contributed by atoms with van der Waals surface area (Å²) in [5, 5.41) is 9.68. The average Bonchev–Trinajstić information content (AvgIpc) is 2.59. The van der Waals surface area contributed by atoms with Crippen molar-refractivity contribution in [2.24, 2.45) is 5.73 Å². The molecule has 0 saturated heterocycles. The Balaban J connectivity index is 2.45.